The molecule has 0 saturated carbocycles. The fourth-order valence-corrected chi connectivity index (χ4v) is 4.02. The van der Waals surface area contributed by atoms with Gasteiger partial charge in [-0.25, -0.2) is 0 Å². The van der Waals surface area contributed by atoms with Crippen molar-refractivity contribution in [2.75, 3.05) is 24.6 Å². The normalized spacial score (nSPS) is 10.8. The summed E-state index contributed by atoms with van der Waals surface area (Å²) in [6, 6.07) is 0. The van der Waals surface area contributed by atoms with E-state index < -0.39 is 7.26 Å². The highest BCUT2D eigenvalue weighted by atomic mass is 31.2. The Morgan fingerprint density at radius 1 is 0.700 bits per heavy atom. The smallest absolute Gasteiger partial charge is 0.0565 e. The van der Waals surface area contributed by atoms with Crippen molar-refractivity contribution in [1.29, 1.82) is 0 Å². The van der Waals surface area contributed by atoms with Crippen LogP contribution in [0.15, 0.2) is 0 Å². The molecule has 0 aliphatic heterocycles. The van der Waals surface area contributed by atoms with Gasteiger partial charge in [0.15, 0.2) is 0 Å². The fourth-order valence-electron chi connectivity index (χ4n) is 1.34. The molecule has 0 heterocycles. The van der Waals surface area contributed by atoms with Crippen LogP contribution < -0.4 is 0 Å². The highest BCUT2D eigenvalue weighted by Gasteiger charge is 2.27. The second-order valence-corrected chi connectivity index (χ2v) is 7.82. The van der Waals surface area contributed by atoms with E-state index in [1.54, 1.807) is 0 Å². The van der Waals surface area contributed by atoms with Gasteiger partial charge in [0, 0.05) is 7.26 Å². The predicted molar refractivity (Wildman–Crippen MR) is 51.6 cm³/mol. The summed E-state index contributed by atoms with van der Waals surface area (Å²) < 4.78 is 0. The summed E-state index contributed by atoms with van der Waals surface area (Å²) in [5.41, 5.74) is 0. The average molecular weight is 167 g/mol. The van der Waals surface area contributed by atoms with E-state index in [1.807, 2.05) is 0 Å². The van der Waals surface area contributed by atoms with Gasteiger partial charge in [0.25, 0.3) is 0 Å². The zero-order valence-corrected chi connectivity index (χ0v) is 8.58. The Hall–Kier alpha value is 0.360. The maximum atomic E-state index is 2.35. The van der Waals surface area contributed by atoms with Crippen molar-refractivity contribution >= 4 is 7.26 Å². The number of hydrogen-bond acceptors (Lipinski definition) is 0. The second-order valence-electron chi connectivity index (χ2n) is 2.61. The molecule has 0 rings (SSSR count). The van der Waals surface area contributed by atoms with E-state index in [1.165, 1.54) is 24.6 Å². The van der Waals surface area contributed by atoms with Crippen molar-refractivity contribution in [1.82, 2.24) is 0 Å². The topological polar surface area (TPSA) is 0 Å². The van der Waals surface area contributed by atoms with Crippen molar-refractivity contribution in [2.24, 2.45) is 0 Å². The van der Waals surface area contributed by atoms with Crippen LogP contribution in [-0.4, -0.2) is 24.6 Å². The minimum Gasteiger partial charge on any atom is -0.269 e. The fraction of sp³-hybridized carbons (Fsp3) is 1.00. The van der Waals surface area contributed by atoms with E-state index in [4.69, 9.17) is 0 Å². The first kappa shape index (κ1) is 13.0. The molecule has 2 heteroatoms. The molecule has 0 atom stereocenters. The first-order chi connectivity index (χ1) is 4.24. The lowest BCUT2D eigenvalue weighted by Gasteiger charge is -2.20. The summed E-state index contributed by atoms with van der Waals surface area (Å²) in [7, 11) is -0.420. The van der Waals surface area contributed by atoms with Crippen LogP contribution in [0.1, 0.15) is 27.7 Å². The summed E-state index contributed by atoms with van der Waals surface area (Å²) in [4.78, 5) is 0. The van der Waals surface area contributed by atoms with Gasteiger partial charge in [0.1, 0.15) is 0 Å². The molecule has 0 aliphatic carbocycles. The first-order valence-corrected chi connectivity index (χ1v) is 6.62. The molecule has 0 radical (unpaired) electrons. The van der Waals surface area contributed by atoms with E-state index >= 15 is 0 Å². The highest BCUT2D eigenvalue weighted by Crippen LogP contribution is 2.57. The molecule has 10 heavy (non-hydrogen) atoms. The number of hydrogen-bond donors (Lipinski definition) is 0. The quantitative estimate of drug-likeness (QED) is 0.564. The Labute approximate surface area is 65.1 Å². The van der Waals surface area contributed by atoms with E-state index in [-0.39, 0.29) is 4.70 Å². The van der Waals surface area contributed by atoms with E-state index in [2.05, 4.69) is 27.7 Å². The van der Waals surface area contributed by atoms with Crippen LogP contribution in [0.4, 0.5) is 4.70 Å². The molecule has 0 saturated heterocycles. The van der Waals surface area contributed by atoms with E-state index in [9.17, 15) is 0 Å². The largest absolute Gasteiger partial charge is 0.269 e. The highest BCUT2D eigenvalue weighted by molar-refractivity contribution is 7.75. The van der Waals surface area contributed by atoms with Crippen molar-refractivity contribution in [3.05, 3.63) is 0 Å². The van der Waals surface area contributed by atoms with Gasteiger partial charge in [0.2, 0.25) is 0 Å². The van der Waals surface area contributed by atoms with Gasteiger partial charge in [-0.15, -0.1) is 0 Å². The molecule has 0 nitrogen and oxygen atoms in total. The average Bonchev–Trinajstić information content (AvgIpc) is 1.95. The molecule has 0 N–H and O–H groups in total. The van der Waals surface area contributed by atoms with Crippen molar-refractivity contribution in [3.8, 4) is 0 Å². The lowest BCUT2D eigenvalue weighted by molar-refractivity contribution is 1.11. The molecule has 64 valence electrons. The molecule has 0 amide bonds. The summed E-state index contributed by atoms with van der Waals surface area (Å²) in [5.74, 6) is 0. The van der Waals surface area contributed by atoms with Gasteiger partial charge in [-0.1, -0.05) is 0 Å². The molecule has 0 aromatic heterocycles. The Kier molecular flexibility index (Phi) is 7.92. The monoisotopic (exact) mass is 167 g/mol. The Bertz CT molecular complexity index is 52.1. The molecule has 0 fully saturated rings. The third-order valence-corrected chi connectivity index (χ3v) is 8.05. The minimum absolute atomic E-state index is 0. The van der Waals surface area contributed by atoms with Crippen LogP contribution >= 0.6 is 7.26 Å². The van der Waals surface area contributed by atoms with Crippen molar-refractivity contribution < 1.29 is 4.70 Å². The molecule has 0 bridgehead atoms. The lowest BCUT2D eigenvalue weighted by Crippen LogP contribution is -2.04. The number of halogens is 1. The van der Waals surface area contributed by atoms with E-state index in [0.717, 1.165) is 0 Å². The van der Waals surface area contributed by atoms with Gasteiger partial charge in [-0.05, 0) is 27.7 Å². The standard InChI is InChI=1S/C8H20P.FH/c1-5-9(6-2,7-3)8-4;/h5-8H2,1-4H3;1H/q+1;. The zero-order chi connectivity index (χ0) is 7.33. The van der Waals surface area contributed by atoms with Gasteiger partial charge in [0.05, 0.1) is 24.6 Å². The summed E-state index contributed by atoms with van der Waals surface area (Å²) >= 11 is 0. The molecule has 0 aromatic rings. The SMILES string of the molecule is CC[P+](CC)(CC)CC.F. The van der Waals surface area contributed by atoms with Crippen LogP contribution in [0, 0.1) is 0 Å². The van der Waals surface area contributed by atoms with Crippen LogP contribution in [0.5, 0.6) is 0 Å². The Morgan fingerprint density at radius 3 is 0.900 bits per heavy atom. The third kappa shape index (κ3) is 2.96. The lowest BCUT2D eigenvalue weighted by atomic mass is 10.9. The summed E-state index contributed by atoms with van der Waals surface area (Å²) in [6.07, 6.45) is 5.82. The summed E-state index contributed by atoms with van der Waals surface area (Å²) in [5, 5.41) is 0. The van der Waals surface area contributed by atoms with Gasteiger partial charge >= 0.3 is 0 Å². The predicted octanol–water partition coefficient (Wildman–Crippen LogP) is 3.24. The number of rotatable bonds is 4. The van der Waals surface area contributed by atoms with Crippen LogP contribution in [0.2, 0.25) is 0 Å². The molecule has 0 unspecified atom stereocenters. The Balaban J connectivity index is 0. The second kappa shape index (κ2) is 6.09. The van der Waals surface area contributed by atoms with Crippen LogP contribution in [-0.2, 0) is 0 Å². The van der Waals surface area contributed by atoms with Gasteiger partial charge < -0.3 is 0 Å². The van der Waals surface area contributed by atoms with Crippen LogP contribution in [0.3, 0.4) is 0 Å². The molecular formula is C8H21FP+. The van der Waals surface area contributed by atoms with Gasteiger partial charge in [-0.2, -0.15) is 0 Å². The zero-order valence-electron chi connectivity index (χ0n) is 7.68. The van der Waals surface area contributed by atoms with Crippen molar-refractivity contribution in [2.45, 2.75) is 27.7 Å². The van der Waals surface area contributed by atoms with Crippen LogP contribution in [0.25, 0.3) is 0 Å². The summed E-state index contributed by atoms with van der Waals surface area (Å²) in [6.45, 7) is 9.41. The molecule has 0 spiro atoms. The third-order valence-electron chi connectivity index (χ3n) is 2.68. The van der Waals surface area contributed by atoms with E-state index in [0.29, 0.717) is 0 Å². The maximum absolute atomic E-state index is 2.35. The van der Waals surface area contributed by atoms with Gasteiger partial charge in [-0.3, -0.25) is 4.70 Å². The molecule has 0 aliphatic rings. The first-order valence-electron chi connectivity index (χ1n) is 4.09. The molecular weight excluding hydrogens is 146 g/mol. The van der Waals surface area contributed by atoms with Crippen molar-refractivity contribution in [3.63, 3.8) is 0 Å². The molecule has 0 aromatic carbocycles. The Morgan fingerprint density at radius 2 is 0.900 bits per heavy atom. The minimum atomic E-state index is -0.420. The maximum Gasteiger partial charge on any atom is 0.0565 e.